The molecule has 28 heavy (non-hydrogen) atoms. The van der Waals surface area contributed by atoms with Gasteiger partial charge in [0.25, 0.3) is 0 Å². The molecule has 1 aliphatic heterocycles. The summed E-state index contributed by atoms with van der Waals surface area (Å²) in [6.07, 6.45) is 1.00. The van der Waals surface area contributed by atoms with Gasteiger partial charge in [-0.15, -0.1) is 0 Å². The Labute approximate surface area is 164 Å². The van der Waals surface area contributed by atoms with Crippen molar-refractivity contribution in [1.82, 2.24) is 10.2 Å². The lowest BCUT2D eigenvalue weighted by Gasteiger charge is -2.31. The molecule has 2 aromatic carbocycles. The molecule has 6 heteroatoms. The lowest BCUT2D eigenvalue weighted by molar-refractivity contribution is -0.126. The Morgan fingerprint density at radius 3 is 2.39 bits per heavy atom. The van der Waals surface area contributed by atoms with Gasteiger partial charge in [0, 0.05) is 18.7 Å². The summed E-state index contributed by atoms with van der Waals surface area (Å²) in [5.41, 5.74) is 1.49. The third-order valence-electron chi connectivity index (χ3n) is 4.77. The Kier molecular flexibility index (Phi) is 6.78. The van der Waals surface area contributed by atoms with E-state index in [9.17, 15) is 14.4 Å². The lowest BCUT2D eigenvalue weighted by atomic mass is 9.97. The van der Waals surface area contributed by atoms with E-state index in [1.807, 2.05) is 36.4 Å². The van der Waals surface area contributed by atoms with Crippen LogP contribution < -0.4 is 5.32 Å². The molecule has 0 aromatic heterocycles. The zero-order valence-electron chi connectivity index (χ0n) is 15.7. The van der Waals surface area contributed by atoms with Crippen LogP contribution >= 0.6 is 0 Å². The van der Waals surface area contributed by atoms with Crippen LogP contribution in [-0.4, -0.2) is 42.3 Å². The average molecular weight is 380 g/mol. The maximum absolute atomic E-state index is 12.4. The van der Waals surface area contributed by atoms with Gasteiger partial charge in [-0.3, -0.25) is 9.59 Å². The van der Waals surface area contributed by atoms with E-state index in [1.54, 1.807) is 29.2 Å². The van der Waals surface area contributed by atoms with Crippen LogP contribution in [0.25, 0.3) is 0 Å². The van der Waals surface area contributed by atoms with Crippen LogP contribution in [0, 0.1) is 5.92 Å². The first-order valence-corrected chi connectivity index (χ1v) is 9.45. The number of ketones is 1. The summed E-state index contributed by atoms with van der Waals surface area (Å²) in [5, 5.41) is 2.70. The normalized spacial score (nSPS) is 16.3. The molecule has 6 nitrogen and oxygen atoms in total. The minimum Gasteiger partial charge on any atom is -0.445 e. The number of benzene rings is 2. The van der Waals surface area contributed by atoms with E-state index in [0.717, 1.165) is 12.0 Å². The maximum atomic E-state index is 12.4. The van der Waals surface area contributed by atoms with E-state index in [0.29, 0.717) is 25.1 Å². The average Bonchev–Trinajstić information content (AvgIpc) is 2.77. The van der Waals surface area contributed by atoms with Crippen molar-refractivity contribution in [3.63, 3.8) is 0 Å². The zero-order valence-corrected chi connectivity index (χ0v) is 15.7. The lowest BCUT2D eigenvalue weighted by Crippen LogP contribution is -2.46. The van der Waals surface area contributed by atoms with E-state index in [-0.39, 0.29) is 30.8 Å². The van der Waals surface area contributed by atoms with Crippen molar-refractivity contribution in [2.75, 3.05) is 19.6 Å². The van der Waals surface area contributed by atoms with Crippen molar-refractivity contribution in [3.05, 3.63) is 71.8 Å². The summed E-state index contributed by atoms with van der Waals surface area (Å²) in [7, 11) is 0. The Morgan fingerprint density at radius 2 is 1.68 bits per heavy atom. The van der Waals surface area contributed by atoms with Gasteiger partial charge in [-0.2, -0.15) is 0 Å². The number of amides is 2. The third-order valence-corrected chi connectivity index (χ3v) is 4.77. The molecule has 1 fully saturated rings. The molecule has 2 aromatic rings. The topological polar surface area (TPSA) is 75.7 Å². The van der Waals surface area contributed by atoms with Gasteiger partial charge in [-0.25, -0.2) is 4.79 Å². The smallest absolute Gasteiger partial charge is 0.410 e. The van der Waals surface area contributed by atoms with Crippen molar-refractivity contribution >= 4 is 17.8 Å². The molecule has 0 aliphatic carbocycles. The second-order valence-electron chi connectivity index (χ2n) is 6.83. The highest BCUT2D eigenvalue weighted by Crippen LogP contribution is 2.18. The van der Waals surface area contributed by atoms with Gasteiger partial charge in [0.2, 0.25) is 5.91 Å². The summed E-state index contributed by atoms with van der Waals surface area (Å²) in [6, 6.07) is 18.3. The van der Waals surface area contributed by atoms with E-state index >= 15 is 0 Å². The minimum atomic E-state index is -0.415. The third kappa shape index (κ3) is 5.42. The van der Waals surface area contributed by atoms with Gasteiger partial charge in [0.05, 0.1) is 12.5 Å². The minimum absolute atomic E-state index is 0.0438. The number of carbonyl (C=O) groups is 3. The highest BCUT2D eigenvalue weighted by atomic mass is 16.6. The van der Waals surface area contributed by atoms with Crippen LogP contribution in [0.1, 0.15) is 28.8 Å². The molecule has 1 aliphatic rings. The standard InChI is InChI=1S/C22H24N2O4/c25-20(18-10-5-2-6-11-18)14-23-21(26)19-12-7-13-24(15-19)22(27)28-16-17-8-3-1-4-9-17/h1-6,8-11,19H,7,12-16H2,(H,23,26). The number of rotatable bonds is 6. The van der Waals surface area contributed by atoms with Crippen LogP contribution in [0.4, 0.5) is 4.79 Å². The number of Topliss-reactive ketones (excluding diaryl/α,β-unsaturated/α-hetero) is 1. The molecule has 1 atom stereocenters. The molecule has 146 valence electrons. The van der Waals surface area contributed by atoms with Crippen LogP contribution in [0.5, 0.6) is 0 Å². The second-order valence-corrected chi connectivity index (χ2v) is 6.83. The number of hydrogen-bond acceptors (Lipinski definition) is 4. The van der Waals surface area contributed by atoms with Crippen molar-refractivity contribution in [2.45, 2.75) is 19.4 Å². The van der Waals surface area contributed by atoms with Crippen molar-refractivity contribution in [1.29, 1.82) is 0 Å². The number of nitrogens with one attached hydrogen (secondary N) is 1. The fourth-order valence-electron chi connectivity index (χ4n) is 3.21. The van der Waals surface area contributed by atoms with Crippen LogP contribution in [0.2, 0.25) is 0 Å². The van der Waals surface area contributed by atoms with E-state index < -0.39 is 6.09 Å². The number of carbonyl (C=O) groups excluding carboxylic acids is 3. The maximum Gasteiger partial charge on any atom is 0.410 e. The fraction of sp³-hybridized carbons (Fsp3) is 0.318. The van der Waals surface area contributed by atoms with Gasteiger partial charge < -0.3 is 15.0 Å². The molecule has 0 radical (unpaired) electrons. The van der Waals surface area contributed by atoms with E-state index in [2.05, 4.69) is 5.32 Å². The van der Waals surface area contributed by atoms with Gasteiger partial charge >= 0.3 is 6.09 Å². The number of hydrogen-bond donors (Lipinski definition) is 1. The molecule has 0 spiro atoms. The summed E-state index contributed by atoms with van der Waals surface area (Å²) >= 11 is 0. The molecule has 2 amide bonds. The Bertz CT molecular complexity index is 808. The Morgan fingerprint density at radius 1 is 1.00 bits per heavy atom. The van der Waals surface area contributed by atoms with Crippen molar-refractivity contribution in [2.24, 2.45) is 5.92 Å². The van der Waals surface area contributed by atoms with Crippen LogP contribution in [-0.2, 0) is 16.1 Å². The Balaban J connectivity index is 1.46. The monoisotopic (exact) mass is 380 g/mol. The van der Waals surface area contributed by atoms with Crippen LogP contribution in [0.3, 0.4) is 0 Å². The largest absolute Gasteiger partial charge is 0.445 e. The molecule has 0 bridgehead atoms. The first-order valence-electron chi connectivity index (χ1n) is 9.45. The highest BCUT2D eigenvalue weighted by molar-refractivity contribution is 5.99. The Hall–Kier alpha value is -3.15. The summed E-state index contributed by atoms with van der Waals surface area (Å²) < 4.78 is 5.35. The second kappa shape index (κ2) is 9.69. The zero-order chi connectivity index (χ0) is 19.8. The summed E-state index contributed by atoms with van der Waals surface area (Å²) in [6.45, 7) is 1.04. The highest BCUT2D eigenvalue weighted by Gasteiger charge is 2.29. The molecule has 1 unspecified atom stereocenters. The molecule has 1 N–H and O–H groups in total. The number of nitrogens with zero attached hydrogens (tertiary/aromatic N) is 1. The molecule has 1 saturated heterocycles. The van der Waals surface area contributed by atoms with Gasteiger partial charge in [0.15, 0.2) is 5.78 Å². The SMILES string of the molecule is O=C(CNC(=O)C1CCCN(C(=O)OCc2ccccc2)C1)c1ccccc1. The first-order chi connectivity index (χ1) is 13.6. The molecular weight excluding hydrogens is 356 g/mol. The predicted molar refractivity (Wildman–Crippen MR) is 105 cm³/mol. The predicted octanol–water partition coefficient (Wildman–Crippen LogP) is 3.03. The summed E-state index contributed by atoms with van der Waals surface area (Å²) in [5.74, 6) is -0.671. The number of piperidine rings is 1. The van der Waals surface area contributed by atoms with Gasteiger partial charge in [-0.1, -0.05) is 60.7 Å². The molecule has 1 heterocycles. The van der Waals surface area contributed by atoms with Crippen molar-refractivity contribution in [3.8, 4) is 0 Å². The van der Waals surface area contributed by atoms with Gasteiger partial charge in [-0.05, 0) is 18.4 Å². The molecular formula is C22H24N2O4. The quantitative estimate of drug-likeness (QED) is 0.782. The number of ether oxygens (including phenoxy) is 1. The van der Waals surface area contributed by atoms with E-state index in [4.69, 9.17) is 4.74 Å². The first kappa shape index (κ1) is 19.6. The van der Waals surface area contributed by atoms with Crippen molar-refractivity contribution < 1.29 is 19.1 Å². The van der Waals surface area contributed by atoms with Gasteiger partial charge in [0.1, 0.15) is 6.61 Å². The summed E-state index contributed by atoms with van der Waals surface area (Å²) in [4.78, 5) is 38.4. The molecule has 0 saturated carbocycles. The molecule has 3 rings (SSSR count). The van der Waals surface area contributed by atoms with E-state index in [1.165, 1.54) is 0 Å². The fourth-order valence-corrected chi connectivity index (χ4v) is 3.21. The number of likely N-dealkylation sites (tertiary alicyclic amines) is 1. The van der Waals surface area contributed by atoms with Crippen LogP contribution in [0.15, 0.2) is 60.7 Å².